The van der Waals surface area contributed by atoms with Gasteiger partial charge in [0.25, 0.3) is 5.79 Å². The SMILES string of the molecule is BC1(C)CC(O)(O)C(O)(O)C(C)(O)C1(O)O. The summed E-state index contributed by atoms with van der Waals surface area (Å²) in [5.74, 6) is -9.44. The lowest BCUT2D eigenvalue weighted by molar-refractivity contribution is -0.482. The molecule has 1 saturated carbocycles. The second-order valence-corrected chi connectivity index (χ2v) is 5.29. The highest BCUT2D eigenvalue weighted by Crippen LogP contribution is 2.56. The highest BCUT2D eigenvalue weighted by molar-refractivity contribution is 6.16. The molecule has 0 aromatic carbocycles. The molecular formula is C8H17BO7. The van der Waals surface area contributed by atoms with Crippen LogP contribution >= 0.6 is 0 Å². The maximum Gasteiger partial charge on any atom is 0.253 e. The molecule has 2 unspecified atom stereocenters. The summed E-state index contributed by atoms with van der Waals surface area (Å²) in [5, 5.41) is 65.7. The van der Waals surface area contributed by atoms with Crippen LogP contribution in [0.15, 0.2) is 0 Å². The van der Waals surface area contributed by atoms with E-state index in [-0.39, 0.29) is 0 Å². The molecule has 0 aliphatic heterocycles. The summed E-state index contributed by atoms with van der Waals surface area (Å²) in [5.41, 5.74) is -2.94. The van der Waals surface area contributed by atoms with Gasteiger partial charge in [-0.15, -0.1) is 0 Å². The molecule has 8 heteroatoms. The van der Waals surface area contributed by atoms with Crippen molar-refractivity contribution in [3.63, 3.8) is 0 Å². The molecule has 94 valence electrons. The molecule has 0 aromatic heterocycles. The Morgan fingerprint density at radius 3 is 1.56 bits per heavy atom. The van der Waals surface area contributed by atoms with Crippen LogP contribution in [0.3, 0.4) is 0 Å². The van der Waals surface area contributed by atoms with E-state index in [1.54, 1.807) is 0 Å². The maximum atomic E-state index is 9.78. The van der Waals surface area contributed by atoms with Gasteiger partial charge in [-0.1, -0.05) is 6.92 Å². The molecule has 1 aliphatic carbocycles. The zero-order chi connectivity index (χ0) is 13.2. The van der Waals surface area contributed by atoms with Crippen LogP contribution in [0, 0.1) is 0 Å². The van der Waals surface area contributed by atoms with Crippen LogP contribution < -0.4 is 0 Å². The van der Waals surface area contributed by atoms with Crippen molar-refractivity contribution in [2.24, 2.45) is 0 Å². The van der Waals surface area contributed by atoms with Crippen molar-refractivity contribution < 1.29 is 35.7 Å². The summed E-state index contributed by atoms with van der Waals surface area (Å²) in [6.07, 6.45) is -0.740. The van der Waals surface area contributed by atoms with E-state index in [2.05, 4.69) is 0 Å². The van der Waals surface area contributed by atoms with E-state index in [0.717, 1.165) is 0 Å². The van der Waals surface area contributed by atoms with Crippen molar-refractivity contribution in [2.45, 2.75) is 48.5 Å². The fraction of sp³-hybridized carbons (Fsp3) is 1.00. The maximum absolute atomic E-state index is 9.78. The molecule has 0 spiro atoms. The van der Waals surface area contributed by atoms with Crippen molar-refractivity contribution in [2.75, 3.05) is 0 Å². The molecule has 2 atom stereocenters. The average Bonchev–Trinajstić information content (AvgIpc) is 1.98. The van der Waals surface area contributed by atoms with Gasteiger partial charge in [0.2, 0.25) is 5.79 Å². The fourth-order valence-corrected chi connectivity index (χ4v) is 2.15. The Bertz CT molecular complexity index is 280. The molecule has 0 radical (unpaired) electrons. The molecule has 0 bridgehead atoms. The van der Waals surface area contributed by atoms with E-state index >= 15 is 0 Å². The van der Waals surface area contributed by atoms with Crippen molar-refractivity contribution in [3.8, 4) is 0 Å². The Kier molecular flexibility index (Phi) is 2.57. The lowest BCUT2D eigenvalue weighted by Crippen LogP contribution is -2.81. The smallest absolute Gasteiger partial charge is 0.253 e. The van der Waals surface area contributed by atoms with Crippen LogP contribution in [-0.4, -0.2) is 66.6 Å². The molecule has 7 nitrogen and oxygen atoms in total. The van der Waals surface area contributed by atoms with Crippen molar-refractivity contribution in [1.82, 2.24) is 0 Å². The molecule has 0 heterocycles. The Morgan fingerprint density at radius 1 is 0.812 bits per heavy atom. The summed E-state index contributed by atoms with van der Waals surface area (Å²) < 4.78 is 0. The van der Waals surface area contributed by atoms with Gasteiger partial charge in [-0.25, -0.2) is 0 Å². The summed E-state index contributed by atoms with van der Waals surface area (Å²) >= 11 is 0. The minimum Gasteiger partial charge on any atom is -0.379 e. The molecule has 1 rings (SSSR count). The van der Waals surface area contributed by atoms with Gasteiger partial charge in [0.15, 0.2) is 11.4 Å². The molecule has 1 fully saturated rings. The third-order valence-corrected chi connectivity index (χ3v) is 3.55. The van der Waals surface area contributed by atoms with E-state index in [1.807, 2.05) is 0 Å². The summed E-state index contributed by atoms with van der Waals surface area (Å²) in [7, 11) is 1.25. The quantitative estimate of drug-likeness (QED) is 0.168. The minimum atomic E-state index is -3.47. The van der Waals surface area contributed by atoms with Crippen molar-refractivity contribution in [3.05, 3.63) is 0 Å². The Hall–Kier alpha value is -0.215. The van der Waals surface area contributed by atoms with Gasteiger partial charge >= 0.3 is 0 Å². The van der Waals surface area contributed by atoms with Crippen LogP contribution in [-0.2, 0) is 0 Å². The number of hydrogen-bond donors (Lipinski definition) is 7. The lowest BCUT2D eigenvalue weighted by Gasteiger charge is -2.60. The van der Waals surface area contributed by atoms with E-state index < -0.39 is 34.7 Å². The first-order chi connectivity index (χ1) is 6.71. The van der Waals surface area contributed by atoms with Crippen LogP contribution in [0.5, 0.6) is 0 Å². The highest BCUT2D eigenvalue weighted by Gasteiger charge is 2.76. The van der Waals surface area contributed by atoms with E-state index in [1.165, 1.54) is 14.8 Å². The molecule has 7 N–H and O–H groups in total. The monoisotopic (exact) mass is 236 g/mol. The molecule has 0 amide bonds. The molecular weight excluding hydrogens is 219 g/mol. The average molecular weight is 236 g/mol. The standard InChI is InChI=1S/C8H17BO7/c1-4(9)3-6(11,12)8(15,16)5(2,10)7(4,13)14/h10-16H,3,9H2,1-2H3. The molecule has 16 heavy (non-hydrogen) atoms. The van der Waals surface area contributed by atoms with Crippen LogP contribution in [0.4, 0.5) is 0 Å². The van der Waals surface area contributed by atoms with Gasteiger partial charge in [-0.2, -0.15) is 0 Å². The van der Waals surface area contributed by atoms with E-state index in [9.17, 15) is 35.7 Å². The van der Waals surface area contributed by atoms with Crippen LogP contribution in [0.1, 0.15) is 20.3 Å². The Morgan fingerprint density at radius 2 is 1.19 bits per heavy atom. The number of hydrogen-bond acceptors (Lipinski definition) is 7. The summed E-state index contributed by atoms with van der Waals surface area (Å²) in [6.45, 7) is 1.95. The largest absolute Gasteiger partial charge is 0.379 e. The minimum absolute atomic E-state index is 0.703. The van der Waals surface area contributed by atoms with Crippen LogP contribution in [0.25, 0.3) is 0 Å². The Balaban J connectivity index is 3.43. The third-order valence-electron chi connectivity index (χ3n) is 3.55. The third kappa shape index (κ3) is 1.29. The van der Waals surface area contributed by atoms with Gasteiger partial charge in [0.1, 0.15) is 7.85 Å². The first-order valence-corrected chi connectivity index (χ1v) is 4.77. The predicted octanol–water partition coefficient (Wildman–Crippen LogP) is -4.00. The van der Waals surface area contributed by atoms with Crippen molar-refractivity contribution in [1.29, 1.82) is 0 Å². The normalized spacial score (nSPS) is 45.3. The molecule has 0 saturated heterocycles. The lowest BCUT2D eigenvalue weighted by atomic mass is 9.50. The van der Waals surface area contributed by atoms with E-state index in [4.69, 9.17) is 0 Å². The van der Waals surface area contributed by atoms with Gasteiger partial charge in [0, 0.05) is 6.42 Å². The number of rotatable bonds is 0. The van der Waals surface area contributed by atoms with Gasteiger partial charge in [-0.3, -0.25) is 0 Å². The summed E-state index contributed by atoms with van der Waals surface area (Å²) in [4.78, 5) is 0. The molecule has 1 aliphatic rings. The van der Waals surface area contributed by atoms with Gasteiger partial charge < -0.3 is 35.7 Å². The van der Waals surface area contributed by atoms with Gasteiger partial charge in [0.05, 0.1) is 0 Å². The summed E-state index contributed by atoms with van der Waals surface area (Å²) in [6, 6.07) is 0. The topological polar surface area (TPSA) is 142 Å². The first-order valence-electron chi connectivity index (χ1n) is 4.77. The van der Waals surface area contributed by atoms with Gasteiger partial charge in [-0.05, 0) is 12.2 Å². The Labute approximate surface area is 93.0 Å². The van der Waals surface area contributed by atoms with Crippen molar-refractivity contribution >= 4 is 7.85 Å². The second-order valence-electron chi connectivity index (χ2n) is 5.29. The molecule has 0 aromatic rings. The highest BCUT2D eigenvalue weighted by atomic mass is 16.6. The fourth-order valence-electron chi connectivity index (χ4n) is 2.15. The van der Waals surface area contributed by atoms with E-state index in [0.29, 0.717) is 6.92 Å². The zero-order valence-electron chi connectivity index (χ0n) is 9.34. The zero-order valence-corrected chi connectivity index (χ0v) is 9.34. The van der Waals surface area contributed by atoms with Crippen LogP contribution in [0.2, 0.25) is 5.31 Å². The second kappa shape index (κ2) is 2.96. The predicted molar refractivity (Wildman–Crippen MR) is 53.7 cm³/mol. The first kappa shape index (κ1) is 13.8. The number of aliphatic hydroxyl groups is 7.